The van der Waals surface area contributed by atoms with Crippen molar-refractivity contribution in [1.82, 2.24) is 5.32 Å². The van der Waals surface area contributed by atoms with E-state index in [0.717, 1.165) is 0 Å². The summed E-state index contributed by atoms with van der Waals surface area (Å²) in [6.45, 7) is -0.478. The van der Waals surface area contributed by atoms with E-state index in [1.165, 1.54) is 12.1 Å². The van der Waals surface area contributed by atoms with Crippen LogP contribution in [0.1, 0.15) is 10.4 Å². The van der Waals surface area contributed by atoms with E-state index >= 15 is 0 Å². The largest absolute Gasteiger partial charge is 1.00 e. The van der Waals surface area contributed by atoms with Crippen molar-refractivity contribution in [3.63, 3.8) is 0 Å². The predicted molar refractivity (Wildman–Crippen MR) is 59.4 cm³/mol. The molecule has 0 saturated carbocycles. The summed E-state index contributed by atoms with van der Waals surface area (Å²) in [6, 6.07) is 6.13. The molecule has 0 aliphatic heterocycles. The van der Waals surface area contributed by atoms with Crippen LogP contribution in [-0.2, 0) is 14.6 Å². The van der Waals surface area contributed by atoms with Crippen molar-refractivity contribution in [2.45, 2.75) is 0 Å². The maximum atomic E-state index is 11.4. The van der Waals surface area contributed by atoms with Crippen LogP contribution >= 0.6 is 11.6 Å². The van der Waals surface area contributed by atoms with Gasteiger partial charge in [0.25, 0.3) is 5.91 Å². The minimum Gasteiger partial charge on any atom is -0.726 e. The molecule has 0 unspecified atom stereocenters. The molecule has 0 fully saturated rings. The molecule has 6 nitrogen and oxygen atoms in total. The first-order chi connectivity index (χ1) is 7.88. The molecule has 0 heterocycles. The second-order valence-electron chi connectivity index (χ2n) is 2.99. The Labute approximate surface area is 132 Å². The molecule has 0 bridgehead atoms. The van der Waals surface area contributed by atoms with Gasteiger partial charge in [-0.15, -0.1) is 0 Å². The molecular weight excluding hydrogens is 293 g/mol. The van der Waals surface area contributed by atoms with Gasteiger partial charge < -0.3 is 9.87 Å². The molecule has 94 valence electrons. The standard InChI is InChI=1S/C9H10ClNO5S.Na/c10-8-3-1-7(2-4-8)9(12)11-5-6-16-17(13,14)15;/h1-4H,5-6H2,(H,11,12)(H,13,14,15);/q;+1/p-1. The van der Waals surface area contributed by atoms with E-state index in [1.54, 1.807) is 12.1 Å². The van der Waals surface area contributed by atoms with Crippen LogP contribution < -0.4 is 34.9 Å². The van der Waals surface area contributed by atoms with E-state index in [1.807, 2.05) is 0 Å². The maximum absolute atomic E-state index is 11.4. The zero-order valence-electron chi connectivity index (χ0n) is 9.55. The van der Waals surface area contributed by atoms with E-state index in [-0.39, 0.29) is 36.1 Å². The van der Waals surface area contributed by atoms with Gasteiger partial charge in [0, 0.05) is 17.1 Å². The number of hydrogen-bond acceptors (Lipinski definition) is 5. The van der Waals surface area contributed by atoms with Gasteiger partial charge in [0.05, 0.1) is 6.61 Å². The summed E-state index contributed by atoms with van der Waals surface area (Å²) in [5.41, 5.74) is 0.374. The van der Waals surface area contributed by atoms with Crippen LogP contribution in [0.2, 0.25) is 5.02 Å². The van der Waals surface area contributed by atoms with Crippen LogP contribution in [0.5, 0.6) is 0 Å². The Morgan fingerprint density at radius 3 is 2.39 bits per heavy atom. The normalized spacial score (nSPS) is 10.6. The summed E-state index contributed by atoms with van der Waals surface area (Å²) in [6.07, 6.45) is 0. The van der Waals surface area contributed by atoms with Crippen molar-refractivity contribution in [1.29, 1.82) is 0 Å². The summed E-state index contributed by atoms with van der Waals surface area (Å²) in [5.74, 6) is -0.409. The molecule has 0 saturated heterocycles. The molecule has 0 aromatic heterocycles. The van der Waals surface area contributed by atoms with Crippen molar-refractivity contribution in [2.75, 3.05) is 13.2 Å². The fourth-order valence-corrected chi connectivity index (χ4v) is 1.43. The van der Waals surface area contributed by atoms with E-state index < -0.39 is 22.9 Å². The molecule has 1 aromatic rings. The first-order valence-corrected chi connectivity index (χ1v) is 6.23. The van der Waals surface area contributed by atoms with Gasteiger partial charge in [0.1, 0.15) is 0 Å². The van der Waals surface area contributed by atoms with Crippen LogP contribution in [0.3, 0.4) is 0 Å². The first kappa shape index (κ1) is 17.8. The van der Waals surface area contributed by atoms with Gasteiger partial charge in [0.15, 0.2) is 0 Å². The topological polar surface area (TPSA) is 95.5 Å². The van der Waals surface area contributed by atoms with Gasteiger partial charge in [-0.05, 0) is 24.3 Å². The van der Waals surface area contributed by atoms with Crippen LogP contribution in [0.4, 0.5) is 0 Å². The average Bonchev–Trinajstić information content (AvgIpc) is 2.24. The third-order valence-corrected chi connectivity index (χ3v) is 2.43. The molecule has 0 aliphatic carbocycles. The van der Waals surface area contributed by atoms with Gasteiger partial charge in [-0.3, -0.25) is 8.98 Å². The first-order valence-electron chi connectivity index (χ1n) is 4.52. The molecule has 1 aromatic carbocycles. The van der Waals surface area contributed by atoms with Crippen molar-refractivity contribution in [3.8, 4) is 0 Å². The molecule has 9 heteroatoms. The summed E-state index contributed by atoms with van der Waals surface area (Å²) in [5, 5.41) is 2.88. The van der Waals surface area contributed by atoms with Gasteiger partial charge in [-0.25, -0.2) is 8.42 Å². The number of nitrogens with one attached hydrogen (secondary N) is 1. The molecule has 0 radical (unpaired) electrons. The SMILES string of the molecule is O=C(NCCOS(=O)(=O)[O-])c1ccc(Cl)cc1.[Na+]. The predicted octanol–water partition coefficient (Wildman–Crippen LogP) is -2.45. The molecule has 0 aliphatic rings. The Morgan fingerprint density at radius 2 is 1.89 bits per heavy atom. The Hall–Kier alpha value is -0.150. The third-order valence-electron chi connectivity index (χ3n) is 1.72. The molecule has 1 N–H and O–H groups in total. The Morgan fingerprint density at radius 1 is 1.33 bits per heavy atom. The molecule has 0 spiro atoms. The molecule has 1 rings (SSSR count). The zero-order chi connectivity index (χ0) is 12.9. The fourth-order valence-electron chi connectivity index (χ4n) is 1.01. The number of carbonyl (C=O) groups is 1. The van der Waals surface area contributed by atoms with E-state index in [4.69, 9.17) is 11.6 Å². The van der Waals surface area contributed by atoms with E-state index in [9.17, 15) is 17.8 Å². The number of rotatable bonds is 5. The number of halogens is 1. The summed E-state index contributed by atoms with van der Waals surface area (Å²) < 4.78 is 34.2. The number of amides is 1. The molecule has 18 heavy (non-hydrogen) atoms. The van der Waals surface area contributed by atoms with Crippen molar-refractivity contribution < 1.29 is 51.5 Å². The minimum atomic E-state index is -4.71. The van der Waals surface area contributed by atoms with Gasteiger partial charge in [-0.2, -0.15) is 0 Å². The number of carbonyl (C=O) groups excluding carboxylic acids is 1. The molecular formula is C9H9ClNNaO5S. The van der Waals surface area contributed by atoms with Crippen LogP contribution in [0.15, 0.2) is 24.3 Å². The van der Waals surface area contributed by atoms with E-state index in [2.05, 4.69) is 9.50 Å². The Kier molecular flexibility index (Phi) is 8.04. The Bertz CT molecular complexity index is 490. The smallest absolute Gasteiger partial charge is 0.726 e. The van der Waals surface area contributed by atoms with Gasteiger partial charge in [-0.1, -0.05) is 11.6 Å². The van der Waals surface area contributed by atoms with Crippen molar-refractivity contribution in [2.24, 2.45) is 0 Å². The second-order valence-corrected chi connectivity index (χ2v) is 4.48. The zero-order valence-corrected chi connectivity index (χ0v) is 13.1. The quantitative estimate of drug-likeness (QED) is 0.282. The minimum absolute atomic E-state index is 0. The second kappa shape index (κ2) is 8.11. The van der Waals surface area contributed by atoms with Crippen molar-refractivity contribution >= 4 is 27.9 Å². The van der Waals surface area contributed by atoms with Gasteiger partial charge in [0.2, 0.25) is 10.4 Å². The average molecular weight is 302 g/mol. The summed E-state index contributed by atoms with van der Waals surface area (Å²) in [7, 11) is -4.71. The monoisotopic (exact) mass is 301 g/mol. The third kappa shape index (κ3) is 7.32. The van der Waals surface area contributed by atoms with Crippen LogP contribution in [0, 0.1) is 0 Å². The fraction of sp³-hybridized carbons (Fsp3) is 0.222. The Balaban J connectivity index is 0.00000289. The number of benzene rings is 1. The summed E-state index contributed by atoms with van der Waals surface area (Å²) >= 11 is 5.64. The van der Waals surface area contributed by atoms with Crippen LogP contribution in [0.25, 0.3) is 0 Å². The van der Waals surface area contributed by atoms with Crippen molar-refractivity contribution in [3.05, 3.63) is 34.9 Å². The van der Waals surface area contributed by atoms with Gasteiger partial charge >= 0.3 is 29.6 Å². The molecule has 1 amide bonds. The summed E-state index contributed by atoms with van der Waals surface area (Å²) in [4.78, 5) is 11.4. The maximum Gasteiger partial charge on any atom is 1.00 e. The molecule has 0 atom stereocenters. The van der Waals surface area contributed by atoms with E-state index in [0.29, 0.717) is 10.6 Å². The van der Waals surface area contributed by atoms with Crippen LogP contribution in [-0.4, -0.2) is 32.0 Å². The number of hydrogen-bond donors (Lipinski definition) is 1.